The number of benzene rings is 4. The van der Waals surface area contributed by atoms with E-state index in [1.54, 1.807) is 0 Å². The molecule has 4 aliphatic rings. The highest BCUT2D eigenvalue weighted by Gasteiger charge is 2.29. The van der Waals surface area contributed by atoms with Crippen LogP contribution >= 0.6 is 0 Å². The van der Waals surface area contributed by atoms with Gasteiger partial charge in [-0.3, -0.25) is 9.97 Å². The Balaban J connectivity index is 0.903. The molecule has 6 aromatic rings. The Hall–Kier alpha value is -5.62. The normalized spacial score (nSPS) is 16.7. The Morgan fingerprint density at radius 1 is 0.459 bits per heavy atom. The molecule has 6 heteroatoms. The van der Waals surface area contributed by atoms with E-state index in [0.717, 1.165) is 73.6 Å². The molecule has 2 N–H and O–H groups in total. The van der Waals surface area contributed by atoms with Crippen LogP contribution < -0.4 is 9.47 Å². The van der Waals surface area contributed by atoms with E-state index in [2.05, 4.69) is 26.0 Å². The van der Waals surface area contributed by atoms with E-state index >= 15 is 0 Å². The molecule has 312 valence electrons. The molecular formula is C55H58N2O4. The molecule has 0 radical (unpaired) electrons. The Labute approximate surface area is 361 Å². The smallest absolute Gasteiger partial charge is 0.149 e. The summed E-state index contributed by atoms with van der Waals surface area (Å²) in [6, 6.07) is 24.8. The third-order valence-electron chi connectivity index (χ3n) is 13.9. The van der Waals surface area contributed by atoms with Crippen molar-refractivity contribution < 1.29 is 19.7 Å². The zero-order chi connectivity index (χ0) is 41.5. The molecule has 1 unspecified atom stereocenters. The van der Waals surface area contributed by atoms with Crippen LogP contribution in [0.2, 0.25) is 0 Å². The first-order chi connectivity index (χ1) is 29.9. The zero-order valence-electron chi connectivity index (χ0n) is 35.9. The van der Waals surface area contributed by atoms with Crippen LogP contribution in [0.3, 0.4) is 0 Å². The van der Waals surface area contributed by atoms with Gasteiger partial charge in [-0.1, -0.05) is 48.5 Å². The van der Waals surface area contributed by atoms with Gasteiger partial charge in [-0.15, -0.1) is 0 Å². The number of hydrogen-bond donors (Lipinski definition) is 2. The van der Waals surface area contributed by atoms with Gasteiger partial charge in [-0.2, -0.15) is 0 Å². The van der Waals surface area contributed by atoms with Crippen molar-refractivity contribution in [2.75, 3.05) is 0 Å². The fourth-order valence-electron chi connectivity index (χ4n) is 11.1. The van der Waals surface area contributed by atoms with Crippen molar-refractivity contribution in [2.45, 2.75) is 135 Å². The van der Waals surface area contributed by atoms with Crippen molar-refractivity contribution in [3.05, 3.63) is 130 Å². The van der Waals surface area contributed by atoms with E-state index in [0.29, 0.717) is 29.3 Å². The first kappa shape index (κ1) is 39.5. The number of aromatic hydroxyl groups is 2. The van der Waals surface area contributed by atoms with E-state index in [1.807, 2.05) is 73.1 Å². The summed E-state index contributed by atoms with van der Waals surface area (Å²) in [5, 5.41) is 24.3. The number of nitrogens with zero attached hydrogens (tertiary/aromatic N) is 2. The molecule has 0 amide bonds. The standard InChI is InChI=1S/C55H58N2O4/c1-34(60-48-25-13-11-23-44(48)46-27-29-56-52(54(46)58)50-40-19-7-3-15-36(40)32-37-16-4-8-20-41(37)50)31-35(2)61-49-26-14-12-24-45(49)47-28-30-57-53(55(47)59)51-42-21-9-5-17-38(42)33-39-18-6-10-22-43(39)51/h11-14,23-30,32-35,58-59H,3-10,15-22,31H2,1-2H3/t34-,35?/m0/s1. The molecule has 0 bridgehead atoms. The van der Waals surface area contributed by atoms with Crippen LogP contribution in [0, 0.1) is 0 Å². The fourth-order valence-corrected chi connectivity index (χ4v) is 11.1. The Kier molecular flexibility index (Phi) is 11.0. The summed E-state index contributed by atoms with van der Waals surface area (Å²) in [5.74, 6) is 1.88. The first-order valence-electron chi connectivity index (χ1n) is 23.1. The molecule has 6 nitrogen and oxygen atoms in total. The van der Waals surface area contributed by atoms with Crippen molar-refractivity contribution in [3.63, 3.8) is 0 Å². The van der Waals surface area contributed by atoms with Crippen molar-refractivity contribution in [3.8, 4) is 67.8 Å². The maximum Gasteiger partial charge on any atom is 0.149 e. The van der Waals surface area contributed by atoms with Crippen LogP contribution in [-0.2, 0) is 51.4 Å². The van der Waals surface area contributed by atoms with Gasteiger partial charge >= 0.3 is 0 Å². The molecule has 0 aliphatic heterocycles. The highest BCUT2D eigenvalue weighted by molar-refractivity contribution is 5.87. The topological polar surface area (TPSA) is 84.7 Å². The summed E-state index contributed by atoms with van der Waals surface area (Å²) in [4.78, 5) is 9.77. The molecule has 2 heterocycles. The van der Waals surface area contributed by atoms with E-state index < -0.39 is 0 Å². The minimum absolute atomic E-state index is 0.198. The maximum atomic E-state index is 12.1. The molecule has 0 saturated carbocycles. The average Bonchev–Trinajstić information content (AvgIpc) is 3.28. The van der Waals surface area contributed by atoms with Crippen LogP contribution in [-0.4, -0.2) is 32.4 Å². The minimum Gasteiger partial charge on any atom is -0.505 e. The lowest BCUT2D eigenvalue weighted by Crippen LogP contribution is -2.23. The molecule has 2 atom stereocenters. The molecule has 2 aromatic heterocycles. The Bertz CT molecular complexity index is 2360. The van der Waals surface area contributed by atoms with Gasteiger partial charge in [0.2, 0.25) is 0 Å². The number of pyridine rings is 2. The average molecular weight is 811 g/mol. The van der Waals surface area contributed by atoms with Gasteiger partial charge in [0.15, 0.2) is 0 Å². The predicted octanol–water partition coefficient (Wildman–Crippen LogP) is 12.7. The van der Waals surface area contributed by atoms with Gasteiger partial charge in [0.05, 0.1) is 12.2 Å². The predicted molar refractivity (Wildman–Crippen MR) is 245 cm³/mol. The number of para-hydroxylation sites is 2. The molecule has 0 saturated heterocycles. The van der Waals surface area contributed by atoms with Gasteiger partial charge in [-0.25, -0.2) is 0 Å². The quantitative estimate of drug-likeness (QED) is 0.143. The van der Waals surface area contributed by atoms with E-state index in [4.69, 9.17) is 19.4 Å². The summed E-state index contributed by atoms with van der Waals surface area (Å²) in [6.07, 6.45) is 22.0. The van der Waals surface area contributed by atoms with E-state index in [1.165, 1.54) is 107 Å². The second-order valence-electron chi connectivity index (χ2n) is 18.1. The largest absolute Gasteiger partial charge is 0.505 e. The molecule has 10 rings (SSSR count). The van der Waals surface area contributed by atoms with Crippen LogP contribution in [0.4, 0.5) is 0 Å². The number of aromatic nitrogens is 2. The van der Waals surface area contributed by atoms with Crippen molar-refractivity contribution >= 4 is 0 Å². The fraction of sp³-hybridized carbons (Fsp3) is 0.382. The highest BCUT2D eigenvalue weighted by atomic mass is 16.5. The lowest BCUT2D eigenvalue weighted by Gasteiger charge is -2.28. The van der Waals surface area contributed by atoms with Crippen molar-refractivity contribution in [1.29, 1.82) is 0 Å². The third-order valence-corrected chi connectivity index (χ3v) is 13.9. The lowest BCUT2D eigenvalue weighted by atomic mass is 9.78. The second-order valence-corrected chi connectivity index (χ2v) is 18.1. The number of aryl methyl sites for hydroxylation is 4. The van der Waals surface area contributed by atoms with Gasteiger partial charge in [0, 0.05) is 52.2 Å². The van der Waals surface area contributed by atoms with Crippen molar-refractivity contribution in [2.24, 2.45) is 0 Å². The summed E-state index contributed by atoms with van der Waals surface area (Å²) < 4.78 is 13.4. The molecular weight excluding hydrogens is 753 g/mol. The van der Waals surface area contributed by atoms with E-state index in [9.17, 15) is 10.2 Å². The summed E-state index contributed by atoms with van der Waals surface area (Å²) in [5.41, 5.74) is 18.2. The molecule has 4 aliphatic carbocycles. The number of hydrogen-bond acceptors (Lipinski definition) is 6. The summed E-state index contributed by atoms with van der Waals surface area (Å²) in [6.45, 7) is 4.15. The molecule has 61 heavy (non-hydrogen) atoms. The van der Waals surface area contributed by atoms with Crippen LogP contribution in [0.5, 0.6) is 23.0 Å². The Morgan fingerprint density at radius 3 is 1.18 bits per heavy atom. The molecule has 4 aromatic carbocycles. The van der Waals surface area contributed by atoms with Crippen LogP contribution in [0.1, 0.15) is 116 Å². The number of ether oxygens (including phenoxy) is 2. The zero-order valence-corrected chi connectivity index (χ0v) is 35.9. The lowest BCUT2D eigenvalue weighted by molar-refractivity contribution is 0.131. The van der Waals surface area contributed by atoms with E-state index in [-0.39, 0.29) is 23.7 Å². The minimum atomic E-state index is -0.198. The van der Waals surface area contributed by atoms with Crippen LogP contribution in [0.25, 0.3) is 44.8 Å². The van der Waals surface area contributed by atoms with Crippen LogP contribution in [0.15, 0.2) is 85.2 Å². The summed E-state index contributed by atoms with van der Waals surface area (Å²) in [7, 11) is 0. The number of rotatable bonds is 10. The van der Waals surface area contributed by atoms with Gasteiger partial charge in [0.1, 0.15) is 34.4 Å². The SMILES string of the molecule is CC(C[C@H](C)Oc1ccccc1-c1ccnc(-c2c3c(cc4c2CCCC4)CCCC3)c1O)Oc1ccccc1-c1ccnc(-c2c3c(cc4c2CCCC4)CCCC3)c1O. The second kappa shape index (κ2) is 17.0. The summed E-state index contributed by atoms with van der Waals surface area (Å²) >= 11 is 0. The monoisotopic (exact) mass is 810 g/mol. The van der Waals surface area contributed by atoms with Crippen molar-refractivity contribution in [1.82, 2.24) is 9.97 Å². The molecule has 0 fully saturated rings. The number of fused-ring (bicyclic) bond motifs is 4. The van der Waals surface area contributed by atoms with Gasteiger partial charge < -0.3 is 19.7 Å². The maximum absolute atomic E-state index is 12.1. The van der Waals surface area contributed by atoms with Gasteiger partial charge in [-0.05, 0) is 185 Å². The Morgan fingerprint density at radius 2 is 0.803 bits per heavy atom. The molecule has 0 spiro atoms. The highest BCUT2D eigenvalue weighted by Crippen LogP contribution is 2.48. The van der Waals surface area contributed by atoms with Gasteiger partial charge in [0.25, 0.3) is 0 Å². The first-order valence-corrected chi connectivity index (χ1v) is 23.1. The third kappa shape index (κ3) is 7.57.